The number of hydrogen-bond acceptors (Lipinski definition) is 3. The van der Waals surface area contributed by atoms with Crippen molar-refractivity contribution in [3.8, 4) is 0 Å². The molecule has 3 amide bonds. The number of benzene rings is 1. The summed E-state index contributed by atoms with van der Waals surface area (Å²) in [6.07, 6.45) is 18.4. The molecule has 3 heterocycles. The zero-order valence-corrected chi connectivity index (χ0v) is 17.3. The van der Waals surface area contributed by atoms with Gasteiger partial charge in [0, 0.05) is 5.57 Å². The first-order valence-corrected chi connectivity index (χ1v) is 11.3. The molecule has 0 aromatic heterocycles. The highest BCUT2D eigenvalue weighted by Gasteiger charge is 2.59. The molecule has 0 saturated carbocycles. The Hall–Kier alpha value is -3.44. The maximum absolute atomic E-state index is 13.5. The zero-order chi connectivity index (χ0) is 20.7. The third-order valence-corrected chi connectivity index (χ3v) is 7.94. The molecule has 0 N–H and O–H groups in total. The van der Waals surface area contributed by atoms with Gasteiger partial charge in [-0.05, 0) is 28.9 Å². The van der Waals surface area contributed by atoms with Gasteiger partial charge in [-0.2, -0.15) is 9.37 Å². The molecular weight excluding hydrogens is 404 g/mol. The maximum atomic E-state index is 13.5. The molecule has 3 aliphatic heterocycles. The Morgan fingerprint density at radius 1 is 0.903 bits per heavy atom. The molecule has 6 aliphatic rings. The smallest absolute Gasteiger partial charge is 0.245 e. The Labute approximate surface area is 183 Å². The van der Waals surface area contributed by atoms with E-state index in [-0.39, 0.29) is 22.4 Å². The van der Waals surface area contributed by atoms with Gasteiger partial charge in [0.2, 0.25) is 0 Å². The minimum absolute atomic E-state index is 0.0549. The van der Waals surface area contributed by atoms with Crippen molar-refractivity contribution in [1.29, 1.82) is 0 Å². The van der Waals surface area contributed by atoms with Crippen LogP contribution in [-0.4, -0.2) is 37.6 Å². The SMILES string of the molecule is O=C1C2C=CC(c3ccccc3)=CC2=C2C=CC3SC4C=CC=CC4=[N+]4C(=O)N1C2=C34. The third-order valence-electron chi connectivity index (χ3n) is 6.58. The summed E-state index contributed by atoms with van der Waals surface area (Å²) < 4.78 is 1.78. The van der Waals surface area contributed by atoms with E-state index in [9.17, 15) is 9.59 Å². The van der Waals surface area contributed by atoms with Crippen molar-refractivity contribution in [3.05, 3.63) is 113 Å². The van der Waals surface area contributed by atoms with Crippen molar-refractivity contribution in [3.63, 3.8) is 0 Å². The van der Waals surface area contributed by atoms with Crippen LogP contribution in [0.2, 0.25) is 0 Å². The molecule has 148 valence electrons. The summed E-state index contributed by atoms with van der Waals surface area (Å²) in [5.74, 6) is -0.597. The van der Waals surface area contributed by atoms with Crippen LogP contribution in [0.4, 0.5) is 4.79 Å². The molecule has 0 bridgehead atoms. The fourth-order valence-corrected chi connectivity index (χ4v) is 6.53. The minimum atomic E-state index is -0.437. The molecule has 3 aliphatic carbocycles. The van der Waals surface area contributed by atoms with Crippen LogP contribution in [0.5, 0.6) is 0 Å². The Morgan fingerprint density at radius 3 is 2.65 bits per heavy atom. The molecule has 0 saturated heterocycles. The van der Waals surface area contributed by atoms with E-state index in [4.69, 9.17) is 0 Å². The Balaban J connectivity index is 1.48. The van der Waals surface area contributed by atoms with E-state index in [0.29, 0.717) is 0 Å². The van der Waals surface area contributed by atoms with Crippen molar-refractivity contribution >= 4 is 35.0 Å². The number of thioether (sulfide) groups is 1. The summed E-state index contributed by atoms with van der Waals surface area (Å²) in [4.78, 5) is 28.5. The second-order valence-corrected chi connectivity index (χ2v) is 9.49. The van der Waals surface area contributed by atoms with Gasteiger partial charge in [-0.25, -0.2) is 4.79 Å². The van der Waals surface area contributed by atoms with Crippen molar-refractivity contribution < 1.29 is 14.2 Å². The summed E-state index contributed by atoms with van der Waals surface area (Å²) in [5.41, 5.74) is 6.81. The van der Waals surface area contributed by atoms with Crippen molar-refractivity contribution in [2.75, 3.05) is 0 Å². The molecular formula is C26H17N2O2S+. The molecule has 0 fully saturated rings. The van der Waals surface area contributed by atoms with Gasteiger partial charge in [0.25, 0.3) is 0 Å². The molecule has 1 aromatic rings. The average molecular weight is 422 g/mol. The Kier molecular flexibility index (Phi) is 3.37. The van der Waals surface area contributed by atoms with Gasteiger partial charge in [-0.3, -0.25) is 0 Å². The van der Waals surface area contributed by atoms with Crippen molar-refractivity contribution in [2.45, 2.75) is 10.5 Å². The van der Waals surface area contributed by atoms with Gasteiger partial charge in [0.1, 0.15) is 11.6 Å². The first-order chi connectivity index (χ1) is 15.2. The fourth-order valence-electron chi connectivity index (χ4n) is 5.20. The Morgan fingerprint density at radius 2 is 1.77 bits per heavy atom. The number of carbonyl (C=O) groups is 2. The standard InChI is InChI=1S/C26H17N2O2S/c29-25-18-11-10-16(15-6-2-1-3-7-15)14-19(18)17-12-13-22-24-23(17)28(25)26(30)27(24)20-8-4-5-9-21(20)31-22/h1-14,18,21-22H/q+1. The molecule has 3 unspecified atom stereocenters. The van der Waals surface area contributed by atoms with Crippen LogP contribution in [0.15, 0.2) is 108 Å². The van der Waals surface area contributed by atoms with E-state index in [0.717, 1.165) is 39.4 Å². The highest BCUT2D eigenvalue weighted by molar-refractivity contribution is 8.01. The quantitative estimate of drug-likeness (QED) is 0.632. The third kappa shape index (κ3) is 2.19. The number of urea groups is 1. The van der Waals surface area contributed by atoms with Gasteiger partial charge in [-0.15, -0.1) is 16.7 Å². The summed E-state index contributed by atoms with van der Waals surface area (Å²) in [6, 6.07) is 9.94. The van der Waals surface area contributed by atoms with Crippen LogP contribution in [-0.2, 0) is 4.79 Å². The van der Waals surface area contributed by atoms with E-state index in [1.165, 1.54) is 4.90 Å². The number of hydrogen-bond donors (Lipinski definition) is 0. The van der Waals surface area contributed by atoms with Crippen molar-refractivity contribution in [1.82, 2.24) is 4.90 Å². The van der Waals surface area contributed by atoms with Gasteiger partial charge >= 0.3 is 11.9 Å². The predicted octanol–water partition coefficient (Wildman–Crippen LogP) is 4.37. The largest absolute Gasteiger partial charge is 0.511 e. The second-order valence-electron chi connectivity index (χ2n) is 8.20. The monoisotopic (exact) mass is 421 g/mol. The van der Waals surface area contributed by atoms with E-state index in [1.807, 2.05) is 60.3 Å². The number of imide groups is 1. The van der Waals surface area contributed by atoms with Gasteiger partial charge in [0.15, 0.2) is 11.4 Å². The lowest BCUT2D eigenvalue weighted by molar-refractivity contribution is -0.370. The average Bonchev–Trinajstić information content (AvgIpc) is 3.13. The van der Waals surface area contributed by atoms with Crippen molar-refractivity contribution in [2.24, 2.45) is 5.92 Å². The molecule has 5 heteroatoms. The summed E-state index contributed by atoms with van der Waals surface area (Å²) in [6.45, 7) is 0. The van der Waals surface area contributed by atoms with Crippen LogP contribution >= 0.6 is 11.8 Å². The van der Waals surface area contributed by atoms with Gasteiger partial charge in [0.05, 0.1) is 10.5 Å². The van der Waals surface area contributed by atoms with E-state index < -0.39 is 5.92 Å². The summed E-state index contributed by atoms with van der Waals surface area (Å²) in [5, 5.41) is 0.171. The summed E-state index contributed by atoms with van der Waals surface area (Å²) >= 11 is 1.81. The number of rotatable bonds is 1. The topological polar surface area (TPSA) is 40.4 Å². The highest BCUT2D eigenvalue weighted by Crippen LogP contribution is 2.49. The van der Waals surface area contributed by atoms with Crippen LogP contribution in [0.3, 0.4) is 0 Å². The fraction of sp³-hybridized carbons (Fsp3) is 0.115. The van der Waals surface area contributed by atoms with Crippen LogP contribution in [0.1, 0.15) is 5.56 Å². The zero-order valence-electron chi connectivity index (χ0n) is 16.4. The minimum Gasteiger partial charge on any atom is -0.245 e. The highest BCUT2D eigenvalue weighted by atomic mass is 32.2. The second kappa shape index (κ2) is 6.05. The van der Waals surface area contributed by atoms with Crippen LogP contribution < -0.4 is 0 Å². The lowest BCUT2D eigenvalue weighted by Crippen LogP contribution is -2.44. The number of amides is 3. The van der Waals surface area contributed by atoms with E-state index >= 15 is 0 Å². The van der Waals surface area contributed by atoms with Gasteiger partial charge in [-0.1, -0.05) is 72.9 Å². The molecule has 0 spiro atoms. The van der Waals surface area contributed by atoms with Crippen LogP contribution in [0.25, 0.3) is 5.57 Å². The lowest BCUT2D eigenvalue weighted by atomic mass is 9.80. The number of fused-ring (bicyclic) bond motifs is 2. The number of allylic oxidation sites excluding steroid dienone is 7. The molecule has 0 radical (unpaired) electrons. The van der Waals surface area contributed by atoms with Gasteiger partial charge < -0.3 is 0 Å². The van der Waals surface area contributed by atoms with Crippen LogP contribution in [0, 0.1) is 5.92 Å². The first kappa shape index (κ1) is 17.3. The summed E-state index contributed by atoms with van der Waals surface area (Å²) in [7, 11) is 0. The predicted molar refractivity (Wildman–Crippen MR) is 121 cm³/mol. The molecule has 31 heavy (non-hydrogen) atoms. The molecule has 4 nitrogen and oxygen atoms in total. The van der Waals surface area contributed by atoms with E-state index in [1.54, 1.807) is 4.58 Å². The normalized spacial score (nSPS) is 29.5. The lowest BCUT2D eigenvalue weighted by Gasteiger charge is -2.30. The van der Waals surface area contributed by atoms with E-state index in [2.05, 4.69) is 36.4 Å². The molecule has 1 aromatic carbocycles. The number of carbonyl (C=O) groups excluding carboxylic acids is 2. The maximum Gasteiger partial charge on any atom is 0.511 e. The number of nitrogens with zero attached hydrogens (tertiary/aromatic N) is 2. The molecule has 7 rings (SSSR count). The Bertz CT molecular complexity index is 1350. The first-order valence-electron chi connectivity index (χ1n) is 10.4. The molecule has 3 atom stereocenters.